The minimum Gasteiger partial charge on any atom is -0.467 e. The van der Waals surface area contributed by atoms with Crippen LogP contribution in [0.1, 0.15) is 35.4 Å². The Morgan fingerprint density at radius 1 is 1.19 bits per heavy atom. The molecule has 1 amide bonds. The second-order valence-corrected chi connectivity index (χ2v) is 8.53. The molecule has 1 aliphatic heterocycles. The van der Waals surface area contributed by atoms with Gasteiger partial charge in [0.25, 0.3) is 11.8 Å². The van der Waals surface area contributed by atoms with Crippen LogP contribution >= 0.6 is 23.2 Å². The number of nitrogens with zero attached hydrogens (tertiary/aromatic N) is 3. The Labute approximate surface area is 196 Å². The van der Waals surface area contributed by atoms with E-state index in [1.54, 1.807) is 41.4 Å². The summed E-state index contributed by atoms with van der Waals surface area (Å²) in [5.41, 5.74) is 14.5. The maximum absolute atomic E-state index is 12.6. The second kappa shape index (κ2) is 9.32. The molecule has 32 heavy (non-hydrogen) atoms. The zero-order chi connectivity index (χ0) is 22.8. The lowest BCUT2D eigenvalue weighted by molar-refractivity contribution is 0.0791. The maximum Gasteiger partial charge on any atom is 0.258 e. The van der Waals surface area contributed by atoms with Gasteiger partial charge in [0, 0.05) is 45.9 Å². The molecule has 2 heterocycles. The van der Waals surface area contributed by atoms with E-state index in [0.29, 0.717) is 40.0 Å². The molecule has 0 bridgehead atoms. The van der Waals surface area contributed by atoms with Crippen molar-refractivity contribution in [2.45, 2.75) is 25.5 Å². The lowest BCUT2D eigenvalue weighted by Crippen LogP contribution is -2.31. The molecule has 0 spiro atoms. The molecule has 7 nitrogen and oxygen atoms in total. The number of rotatable bonds is 5. The number of hydrogen-bond acceptors (Lipinski definition) is 6. The summed E-state index contributed by atoms with van der Waals surface area (Å²) in [5, 5.41) is 0.985. The Hall–Kier alpha value is -2.87. The number of likely N-dealkylation sites (tertiary alicyclic amines) is 1. The van der Waals surface area contributed by atoms with Gasteiger partial charge in [0.05, 0.1) is 11.9 Å². The predicted molar refractivity (Wildman–Crippen MR) is 126 cm³/mol. The Morgan fingerprint density at radius 2 is 1.88 bits per heavy atom. The van der Waals surface area contributed by atoms with Gasteiger partial charge in [-0.3, -0.25) is 4.79 Å². The van der Waals surface area contributed by atoms with Crippen molar-refractivity contribution in [3.05, 3.63) is 69.8 Å². The first kappa shape index (κ1) is 22.3. The molecule has 2 atom stereocenters. The molecule has 2 aromatic carbocycles. The third-order valence-electron chi connectivity index (χ3n) is 5.40. The van der Waals surface area contributed by atoms with Gasteiger partial charge in [0.1, 0.15) is 6.10 Å². The molecule has 0 aliphatic carbocycles. The minimum atomic E-state index is -0.491. The van der Waals surface area contributed by atoms with E-state index in [1.807, 2.05) is 19.1 Å². The van der Waals surface area contributed by atoms with E-state index in [2.05, 4.69) is 9.97 Å². The van der Waals surface area contributed by atoms with Crippen LogP contribution in [0, 0.1) is 0 Å². The van der Waals surface area contributed by atoms with Crippen molar-refractivity contribution >= 4 is 34.9 Å². The number of carbonyl (C=O) groups excluding carboxylic acids is 1. The van der Waals surface area contributed by atoms with Crippen molar-refractivity contribution < 1.29 is 9.53 Å². The fourth-order valence-electron chi connectivity index (χ4n) is 3.67. The summed E-state index contributed by atoms with van der Waals surface area (Å²) in [5.74, 6) is 0.306. The summed E-state index contributed by atoms with van der Waals surface area (Å²) in [7, 11) is 0. The number of ether oxygens (including phenoxy) is 1. The van der Waals surface area contributed by atoms with E-state index < -0.39 is 6.10 Å². The van der Waals surface area contributed by atoms with E-state index in [1.165, 1.54) is 0 Å². The lowest BCUT2D eigenvalue weighted by atomic mass is 10.1. The Morgan fingerprint density at radius 3 is 2.50 bits per heavy atom. The zero-order valence-electron chi connectivity index (χ0n) is 17.5. The minimum absolute atomic E-state index is 0.0256. The Balaban J connectivity index is 1.54. The summed E-state index contributed by atoms with van der Waals surface area (Å²) in [4.78, 5) is 23.1. The van der Waals surface area contributed by atoms with Crippen molar-refractivity contribution in [2.75, 3.05) is 18.8 Å². The molecule has 1 aliphatic rings. The first-order valence-corrected chi connectivity index (χ1v) is 11.0. The number of amides is 1. The molecule has 166 valence electrons. The number of nitrogens with two attached hydrogens (primary N) is 2. The van der Waals surface area contributed by atoms with Crippen LogP contribution in [-0.4, -0.2) is 39.9 Å². The average molecular weight is 472 g/mol. The SMILES string of the molecule is CC(Oc1nc(-c2ccc(C(=O)N3CC[C@@H](N)C3)cc2)cnc1N)c1c(Cl)cccc1Cl. The van der Waals surface area contributed by atoms with Gasteiger partial charge in [-0.25, -0.2) is 9.97 Å². The highest BCUT2D eigenvalue weighted by Crippen LogP contribution is 2.34. The number of nitrogen functional groups attached to an aromatic ring is 1. The number of aromatic nitrogens is 2. The number of anilines is 1. The van der Waals surface area contributed by atoms with Crippen LogP contribution in [0.15, 0.2) is 48.7 Å². The number of benzene rings is 2. The zero-order valence-corrected chi connectivity index (χ0v) is 19.0. The van der Waals surface area contributed by atoms with E-state index in [-0.39, 0.29) is 23.6 Å². The monoisotopic (exact) mass is 471 g/mol. The van der Waals surface area contributed by atoms with Crippen LogP contribution < -0.4 is 16.2 Å². The van der Waals surface area contributed by atoms with E-state index in [0.717, 1.165) is 12.0 Å². The largest absolute Gasteiger partial charge is 0.467 e. The van der Waals surface area contributed by atoms with Gasteiger partial charge in [-0.15, -0.1) is 0 Å². The van der Waals surface area contributed by atoms with Crippen LogP contribution in [-0.2, 0) is 0 Å². The van der Waals surface area contributed by atoms with Gasteiger partial charge >= 0.3 is 0 Å². The first-order chi connectivity index (χ1) is 15.3. The van der Waals surface area contributed by atoms with Gasteiger partial charge < -0.3 is 21.1 Å². The summed E-state index contributed by atoms with van der Waals surface area (Å²) in [6.07, 6.45) is 1.90. The van der Waals surface area contributed by atoms with Gasteiger partial charge in [0.15, 0.2) is 5.82 Å². The summed E-state index contributed by atoms with van der Waals surface area (Å²) in [6.45, 7) is 3.07. The molecule has 4 rings (SSSR count). The fourth-order valence-corrected chi connectivity index (χ4v) is 4.38. The van der Waals surface area contributed by atoms with Crippen molar-refractivity contribution in [3.63, 3.8) is 0 Å². The molecule has 9 heteroatoms. The quantitative estimate of drug-likeness (QED) is 0.572. The third kappa shape index (κ3) is 4.65. The van der Waals surface area contributed by atoms with Gasteiger partial charge in [-0.05, 0) is 37.6 Å². The van der Waals surface area contributed by atoms with Crippen molar-refractivity contribution in [1.82, 2.24) is 14.9 Å². The molecule has 4 N–H and O–H groups in total. The molecule has 1 saturated heterocycles. The Bertz CT molecular complexity index is 1120. The van der Waals surface area contributed by atoms with Gasteiger partial charge in [-0.1, -0.05) is 41.4 Å². The van der Waals surface area contributed by atoms with Gasteiger partial charge in [-0.2, -0.15) is 0 Å². The molecule has 0 radical (unpaired) electrons. The number of halogens is 2. The second-order valence-electron chi connectivity index (χ2n) is 7.72. The average Bonchev–Trinajstić information content (AvgIpc) is 3.21. The van der Waals surface area contributed by atoms with Crippen LogP contribution in [0.5, 0.6) is 5.88 Å². The Kier molecular flexibility index (Phi) is 6.50. The smallest absolute Gasteiger partial charge is 0.258 e. The standard InChI is InChI=1S/C23H23Cl2N5O2/c1-13(20-17(24)3-2-4-18(20)25)32-22-21(27)28-11-19(29-22)14-5-7-15(8-6-14)23(31)30-10-9-16(26)12-30/h2-8,11,13,16H,9-10,12,26H2,1H3,(H2,27,28)/t13?,16-/m1/s1. The molecule has 1 fully saturated rings. The molecule has 1 unspecified atom stereocenters. The summed E-state index contributed by atoms with van der Waals surface area (Å²) < 4.78 is 5.95. The van der Waals surface area contributed by atoms with Crippen LogP contribution in [0.4, 0.5) is 5.82 Å². The summed E-state index contributed by atoms with van der Waals surface area (Å²) >= 11 is 12.6. The first-order valence-electron chi connectivity index (χ1n) is 10.2. The van der Waals surface area contributed by atoms with Crippen molar-refractivity contribution in [3.8, 4) is 17.1 Å². The topological polar surface area (TPSA) is 107 Å². The lowest BCUT2D eigenvalue weighted by Gasteiger charge is -2.18. The van der Waals surface area contributed by atoms with Crippen LogP contribution in [0.25, 0.3) is 11.3 Å². The number of carbonyl (C=O) groups is 1. The molecule has 0 saturated carbocycles. The fraction of sp³-hybridized carbons (Fsp3) is 0.261. The molecule has 3 aromatic rings. The predicted octanol–water partition coefficient (Wildman–Crippen LogP) is 4.35. The highest BCUT2D eigenvalue weighted by Gasteiger charge is 2.24. The molecular formula is C23H23Cl2N5O2. The summed E-state index contributed by atoms with van der Waals surface area (Å²) in [6, 6.07) is 12.5. The van der Waals surface area contributed by atoms with Crippen molar-refractivity contribution in [2.24, 2.45) is 5.73 Å². The highest BCUT2D eigenvalue weighted by atomic mass is 35.5. The van der Waals surface area contributed by atoms with Gasteiger partial charge in [0.2, 0.25) is 0 Å². The maximum atomic E-state index is 12.6. The normalized spacial score (nSPS) is 16.8. The number of hydrogen-bond donors (Lipinski definition) is 2. The van der Waals surface area contributed by atoms with Crippen LogP contribution in [0.2, 0.25) is 10.0 Å². The third-order valence-corrected chi connectivity index (χ3v) is 6.06. The van der Waals surface area contributed by atoms with Crippen LogP contribution in [0.3, 0.4) is 0 Å². The molecule has 1 aromatic heterocycles. The van der Waals surface area contributed by atoms with Crippen molar-refractivity contribution in [1.29, 1.82) is 0 Å². The van der Waals surface area contributed by atoms with E-state index in [9.17, 15) is 4.79 Å². The van der Waals surface area contributed by atoms with E-state index >= 15 is 0 Å². The highest BCUT2D eigenvalue weighted by molar-refractivity contribution is 6.36. The molecular weight excluding hydrogens is 449 g/mol. The van der Waals surface area contributed by atoms with E-state index in [4.69, 9.17) is 39.4 Å².